The fourth-order valence-electron chi connectivity index (χ4n) is 1.65. The van der Waals surface area contributed by atoms with Crippen LogP contribution in [-0.4, -0.2) is 50.6 Å². The molecule has 0 aliphatic carbocycles. The van der Waals surface area contributed by atoms with Crippen molar-refractivity contribution in [1.29, 1.82) is 5.26 Å². The predicted molar refractivity (Wildman–Crippen MR) is 54.9 cm³/mol. The third-order valence-electron chi connectivity index (χ3n) is 2.64. The number of halogens is 3. The molecule has 1 atom stereocenters. The van der Waals surface area contributed by atoms with Gasteiger partial charge in [0.05, 0.1) is 17.6 Å². The van der Waals surface area contributed by atoms with Crippen molar-refractivity contribution in [2.75, 3.05) is 31.1 Å². The molecule has 0 aromatic rings. The Bertz CT molecular complexity index is 399. The van der Waals surface area contributed by atoms with Gasteiger partial charge < -0.3 is 4.90 Å². The van der Waals surface area contributed by atoms with Gasteiger partial charge in [-0.2, -0.15) is 18.4 Å². The zero-order valence-corrected chi connectivity index (χ0v) is 9.89. The molecule has 0 spiro atoms. The highest BCUT2D eigenvalue weighted by Gasteiger charge is 2.41. The lowest BCUT2D eigenvalue weighted by Crippen LogP contribution is -2.37. The number of rotatable bonds is 2. The van der Waals surface area contributed by atoms with Crippen LogP contribution in [0.15, 0.2) is 0 Å². The van der Waals surface area contributed by atoms with Crippen LogP contribution in [0.2, 0.25) is 0 Å². The van der Waals surface area contributed by atoms with Gasteiger partial charge in [-0.3, -0.25) is 0 Å². The molecule has 1 heterocycles. The molecule has 0 radical (unpaired) electrons. The van der Waals surface area contributed by atoms with Gasteiger partial charge in [0.15, 0.2) is 15.8 Å². The van der Waals surface area contributed by atoms with E-state index >= 15 is 0 Å². The summed E-state index contributed by atoms with van der Waals surface area (Å²) in [5.41, 5.74) is 0. The largest absolute Gasteiger partial charge is 0.405 e. The molecule has 0 amide bonds. The summed E-state index contributed by atoms with van der Waals surface area (Å²) in [7, 11) is -3.14. The average Bonchev–Trinajstić information content (AvgIpc) is 2.34. The standard InChI is InChI=1S/C9H13F3N2O2S/c10-9(11,12)8(6-13)7-14-2-1-4-17(15,16)5-3-14/h8H,1-5,7H2. The highest BCUT2D eigenvalue weighted by Crippen LogP contribution is 2.26. The van der Waals surface area contributed by atoms with Crippen molar-refractivity contribution in [3.05, 3.63) is 0 Å². The fourth-order valence-corrected chi connectivity index (χ4v) is 2.96. The van der Waals surface area contributed by atoms with Crippen molar-refractivity contribution in [1.82, 2.24) is 4.90 Å². The number of nitriles is 1. The summed E-state index contributed by atoms with van der Waals surface area (Å²) in [5, 5.41) is 8.45. The summed E-state index contributed by atoms with van der Waals surface area (Å²) in [5.74, 6) is -2.18. The van der Waals surface area contributed by atoms with Crippen molar-refractivity contribution >= 4 is 9.84 Å². The van der Waals surface area contributed by atoms with Crippen LogP contribution in [-0.2, 0) is 9.84 Å². The van der Waals surface area contributed by atoms with Gasteiger partial charge in [-0.1, -0.05) is 0 Å². The van der Waals surface area contributed by atoms with Gasteiger partial charge in [-0.05, 0) is 13.0 Å². The van der Waals surface area contributed by atoms with E-state index in [1.165, 1.54) is 11.0 Å². The molecule has 98 valence electrons. The normalized spacial score (nSPS) is 23.6. The average molecular weight is 270 g/mol. The topological polar surface area (TPSA) is 61.2 Å². The van der Waals surface area contributed by atoms with E-state index in [1.807, 2.05) is 0 Å². The maximum Gasteiger partial charge on any atom is 0.405 e. The van der Waals surface area contributed by atoms with E-state index in [0.29, 0.717) is 6.42 Å². The Balaban J connectivity index is 2.61. The van der Waals surface area contributed by atoms with E-state index < -0.39 is 28.5 Å². The molecule has 1 fully saturated rings. The molecule has 1 unspecified atom stereocenters. The molecule has 1 aliphatic heterocycles. The molecule has 8 heteroatoms. The smallest absolute Gasteiger partial charge is 0.301 e. The summed E-state index contributed by atoms with van der Waals surface area (Å²) in [6, 6.07) is 1.21. The van der Waals surface area contributed by atoms with Crippen LogP contribution in [0, 0.1) is 17.2 Å². The Kier molecular flexibility index (Phi) is 4.38. The van der Waals surface area contributed by atoms with Crippen LogP contribution in [0.5, 0.6) is 0 Å². The van der Waals surface area contributed by atoms with Crippen molar-refractivity contribution in [2.24, 2.45) is 5.92 Å². The first kappa shape index (κ1) is 14.3. The Labute approximate surface area is 97.9 Å². The molecule has 0 aromatic heterocycles. The fraction of sp³-hybridized carbons (Fsp3) is 0.889. The quantitative estimate of drug-likeness (QED) is 0.745. The summed E-state index contributed by atoms with van der Waals surface area (Å²) in [6.07, 6.45) is -4.24. The van der Waals surface area contributed by atoms with E-state index in [4.69, 9.17) is 5.26 Å². The minimum Gasteiger partial charge on any atom is -0.301 e. The number of hydrogen-bond acceptors (Lipinski definition) is 4. The van der Waals surface area contributed by atoms with Crippen molar-refractivity contribution in [2.45, 2.75) is 12.6 Å². The first-order valence-electron chi connectivity index (χ1n) is 5.14. The lowest BCUT2D eigenvalue weighted by atomic mass is 10.1. The van der Waals surface area contributed by atoms with E-state index in [9.17, 15) is 21.6 Å². The van der Waals surface area contributed by atoms with Gasteiger partial charge in [0.2, 0.25) is 0 Å². The zero-order valence-electron chi connectivity index (χ0n) is 9.07. The molecule has 0 aromatic carbocycles. The summed E-state index contributed by atoms with van der Waals surface area (Å²) < 4.78 is 59.6. The Hall–Kier alpha value is -0.810. The molecule has 4 nitrogen and oxygen atoms in total. The van der Waals surface area contributed by atoms with Crippen molar-refractivity contribution < 1.29 is 21.6 Å². The summed E-state index contributed by atoms with van der Waals surface area (Å²) in [6.45, 7) is -0.0976. The number of sulfone groups is 1. The van der Waals surface area contributed by atoms with Crippen LogP contribution < -0.4 is 0 Å². The predicted octanol–water partition coefficient (Wildman–Crippen LogP) is 0.809. The summed E-state index contributed by atoms with van der Waals surface area (Å²) in [4.78, 5) is 1.39. The van der Waals surface area contributed by atoms with E-state index in [0.717, 1.165) is 0 Å². The maximum absolute atomic E-state index is 12.4. The first-order valence-corrected chi connectivity index (χ1v) is 6.96. The second-order valence-corrected chi connectivity index (χ2v) is 6.33. The van der Waals surface area contributed by atoms with Crippen molar-refractivity contribution in [3.8, 4) is 6.07 Å². The van der Waals surface area contributed by atoms with Crippen LogP contribution in [0.3, 0.4) is 0 Å². The molecule has 17 heavy (non-hydrogen) atoms. The van der Waals surface area contributed by atoms with Gasteiger partial charge in [-0.25, -0.2) is 8.42 Å². The number of hydrogen-bond donors (Lipinski definition) is 0. The second-order valence-electron chi connectivity index (χ2n) is 4.03. The van der Waals surface area contributed by atoms with Gasteiger partial charge in [0.25, 0.3) is 0 Å². The van der Waals surface area contributed by atoms with Gasteiger partial charge in [0, 0.05) is 13.1 Å². The number of nitrogens with zero attached hydrogens (tertiary/aromatic N) is 2. The molecule has 1 aliphatic rings. The van der Waals surface area contributed by atoms with Crippen LogP contribution in [0.1, 0.15) is 6.42 Å². The summed E-state index contributed by atoms with van der Waals surface area (Å²) >= 11 is 0. The Morgan fingerprint density at radius 2 is 1.94 bits per heavy atom. The molecule has 1 rings (SSSR count). The van der Waals surface area contributed by atoms with Crippen LogP contribution in [0.4, 0.5) is 13.2 Å². The van der Waals surface area contributed by atoms with E-state index in [-0.39, 0.29) is 24.6 Å². The lowest BCUT2D eigenvalue weighted by molar-refractivity contribution is -0.163. The van der Waals surface area contributed by atoms with Crippen molar-refractivity contribution in [3.63, 3.8) is 0 Å². The molecule has 0 bridgehead atoms. The molecule has 1 saturated heterocycles. The minimum atomic E-state index is -4.56. The van der Waals surface area contributed by atoms with Gasteiger partial charge in [0.1, 0.15) is 0 Å². The lowest BCUT2D eigenvalue weighted by Gasteiger charge is -2.23. The van der Waals surface area contributed by atoms with Gasteiger partial charge in [-0.15, -0.1) is 0 Å². The third-order valence-corrected chi connectivity index (χ3v) is 4.36. The molecular weight excluding hydrogens is 257 g/mol. The maximum atomic E-state index is 12.4. The van der Waals surface area contributed by atoms with Crippen LogP contribution in [0.25, 0.3) is 0 Å². The second kappa shape index (κ2) is 5.23. The van der Waals surface area contributed by atoms with Crippen LogP contribution >= 0.6 is 0 Å². The third kappa shape index (κ3) is 4.52. The Morgan fingerprint density at radius 1 is 1.29 bits per heavy atom. The zero-order chi connectivity index (χ0) is 13.1. The molecule has 0 N–H and O–H groups in total. The number of alkyl halides is 3. The van der Waals surface area contributed by atoms with E-state index in [1.54, 1.807) is 0 Å². The highest BCUT2D eigenvalue weighted by atomic mass is 32.2. The molecule has 0 saturated carbocycles. The monoisotopic (exact) mass is 270 g/mol. The SMILES string of the molecule is N#CC(CN1CCCS(=O)(=O)CC1)C(F)(F)F. The minimum absolute atomic E-state index is 0.00668. The highest BCUT2D eigenvalue weighted by molar-refractivity contribution is 7.91. The van der Waals surface area contributed by atoms with E-state index in [2.05, 4.69) is 0 Å². The van der Waals surface area contributed by atoms with Gasteiger partial charge >= 0.3 is 6.18 Å². The Morgan fingerprint density at radius 3 is 2.47 bits per heavy atom. The molecular formula is C9H13F3N2O2S. The first-order chi connectivity index (χ1) is 7.74.